The number of hydrogen-bond acceptors (Lipinski definition) is 13. The number of benzene rings is 3. The van der Waals surface area contributed by atoms with E-state index in [9.17, 15) is 0 Å². The van der Waals surface area contributed by atoms with E-state index in [-0.39, 0.29) is 24.0 Å². The van der Waals surface area contributed by atoms with E-state index in [2.05, 4.69) is 150 Å². The lowest BCUT2D eigenvalue weighted by molar-refractivity contribution is -0.00545. The zero-order chi connectivity index (χ0) is 55.2. The van der Waals surface area contributed by atoms with Crippen molar-refractivity contribution in [3.8, 4) is 67.2 Å². The number of aromatic nitrogens is 15. The van der Waals surface area contributed by atoms with Crippen LogP contribution in [0.25, 0.3) is 99.9 Å². The predicted molar refractivity (Wildman–Crippen MR) is 321 cm³/mol. The summed E-state index contributed by atoms with van der Waals surface area (Å²) in [6.07, 6.45) is 21.0. The van der Waals surface area contributed by atoms with Crippen molar-refractivity contribution in [2.24, 2.45) is 21.1 Å². The van der Waals surface area contributed by atoms with Crippen molar-refractivity contribution >= 4 is 50.2 Å². The van der Waals surface area contributed by atoms with E-state index >= 15 is 0 Å². The second kappa shape index (κ2) is 19.9. The van der Waals surface area contributed by atoms with Gasteiger partial charge in [0.05, 0.1) is 58.7 Å². The molecule has 0 amide bonds. The number of H-pyrrole nitrogens is 3. The van der Waals surface area contributed by atoms with Crippen LogP contribution in [0.4, 0.5) is 17.5 Å². The van der Waals surface area contributed by atoms with Crippen LogP contribution in [0.5, 0.6) is 0 Å². The van der Waals surface area contributed by atoms with Crippen LogP contribution in [-0.2, 0) is 25.9 Å². The van der Waals surface area contributed by atoms with E-state index in [0.717, 1.165) is 176 Å². The lowest BCUT2D eigenvalue weighted by Gasteiger charge is -2.36. The highest BCUT2D eigenvalue weighted by Crippen LogP contribution is 2.43. The number of pyridine rings is 3. The molecule has 3 aliphatic rings. The minimum absolute atomic E-state index is 0.125. The van der Waals surface area contributed by atoms with Crippen molar-refractivity contribution < 1.29 is 4.74 Å². The number of rotatable bonds is 11. The third kappa shape index (κ3) is 9.00. The summed E-state index contributed by atoms with van der Waals surface area (Å²) >= 11 is 0. The molecule has 0 bridgehead atoms. The van der Waals surface area contributed by atoms with Crippen LogP contribution < -0.4 is 14.7 Å². The summed E-state index contributed by atoms with van der Waals surface area (Å²) in [4.78, 5) is 22.0. The quantitative estimate of drug-likeness (QED) is 0.111. The van der Waals surface area contributed by atoms with Crippen LogP contribution in [0.1, 0.15) is 56.1 Å². The number of morpholine rings is 1. The third-order valence-corrected chi connectivity index (χ3v) is 17.0. The topological polar surface area (TPSA) is 197 Å². The number of nitrogens with one attached hydrogen (secondary N) is 3. The minimum Gasteiger partial charge on any atom is -0.372 e. The van der Waals surface area contributed by atoms with Crippen molar-refractivity contribution in [3.63, 3.8) is 0 Å². The average molecular weight is 1090 g/mol. The Hall–Kier alpha value is -9.49. The predicted octanol–water partition coefficient (Wildman–Crippen LogP) is 10.7. The molecule has 12 heterocycles. The van der Waals surface area contributed by atoms with Gasteiger partial charge in [0, 0.05) is 159 Å². The number of hydrogen-bond donors (Lipinski definition) is 3. The highest BCUT2D eigenvalue weighted by molar-refractivity contribution is 6.00. The fourth-order valence-corrected chi connectivity index (χ4v) is 13.1. The summed E-state index contributed by atoms with van der Waals surface area (Å²) in [6, 6.07) is 28.4. The first-order valence-corrected chi connectivity index (χ1v) is 28.4. The maximum absolute atomic E-state index is 6.06. The Bertz CT molecular complexity index is 4360. The fourth-order valence-electron chi connectivity index (χ4n) is 13.1. The molecular weight excluding hydrogens is 1020 g/mol. The van der Waals surface area contributed by atoms with Gasteiger partial charge in [0.2, 0.25) is 0 Å². The number of fused-ring (bicyclic) bond motifs is 3. The first-order chi connectivity index (χ1) is 40.1. The van der Waals surface area contributed by atoms with Gasteiger partial charge in [-0.05, 0) is 134 Å². The van der Waals surface area contributed by atoms with E-state index in [1.807, 2.05) is 78.6 Å². The van der Waals surface area contributed by atoms with Crippen LogP contribution >= 0.6 is 0 Å². The fraction of sp³-hybridized carbons (Fsp3) is 0.286. The van der Waals surface area contributed by atoms with E-state index in [1.165, 1.54) is 11.1 Å². The lowest BCUT2D eigenvalue weighted by Crippen LogP contribution is -2.45. The first kappa shape index (κ1) is 49.5. The molecule has 4 atom stereocenters. The minimum atomic E-state index is 0.125. The van der Waals surface area contributed by atoms with Gasteiger partial charge in [-0.1, -0.05) is 6.07 Å². The molecule has 9 aromatic heterocycles. The summed E-state index contributed by atoms with van der Waals surface area (Å²) in [5.74, 6) is 3.20. The van der Waals surface area contributed by atoms with Gasteiger partial charge in [0.1, 0.15) is 23.1 Å². The molecule has 3 aliphatic heterocycles. The van der Waals surface area contributed by atoms with E-state index in [4.69, 9.17) is 35.0 Å². The van der Waals surface area contributed by atoms with Crippen molar-refractivity contribution in [3.05, 3.63) is 146 Å². The Morgan fingerprint density at radius 2 is 0.951 bits per heavy atom. The number of nitrogens with zero attached hydrogens (tertiary/aromatic N) is 15. The molecule has 3 N–H and O–H groups in total. The first-order valence-electron chi connectivity index (χ1n) is 28.4. The monoisotopic (exact) mass is 1090 g/mol. The molecule has 12 aromatic rings. The zero-order valence-electron chi connectivity index (χ0n) is 46.5. The van der Waals surface area contributed by atoms with Crippen LogP contribution in [0.2, 0.25) is 0 Å². The lowest BCUT2D eigenvalue weighted by atomic mass is 9.87. The Kier molecular flexibility index (Phi) is 12.1. The van der Waals surface area contributed by atoms with Gasteiger partial charge in [0.25, 0.3) is 0 Å². The van der Waals surface area contributed by atoms with E-state index < -0.39 is 0 Å². The van der Waals surface area contributed by atoms with Gasteiger partial charge in [-0.15, -0.1) is 0 Å². The molecular formula is C63H62N18O. The summed E-state index contributed by atoms with van der Waals surface area (Å²) < 4.78 is 11.6. The number of aromatic amines is 3. The number of piperidine rings is 1. The molecule has 19 nitrogen and oxygen atoms in total. The molecule has 82 heavy (non-hydrogen) atoms. The van der Waals surface area contributed by atoms with Gasteiger partial charge in [-0.3, -0.25) is 29.3 Å². The molecule has 2 unspecified atom stereocenters. The van der Waals surface area contributed by atoms with Crippen LogP contribution in [0.15, 0.2) is 135 Å². The van der Waals surface area contributed by atoms with Crippen LogP contribution in [-0.4, -0.2) is 126 Å². The second-order valence-electron chi connectivity index (χ2n) is 22.7. The van der Waals surface area contributed by atoms with Gasteiger partial charge in [-0.2, -0.15) is 30.6 Å². The molecule has 15 rings (SSSR count). The van der Waals surface area contributed by atoms with Gasteiger partial charge in [0.15, 0.2) is 0 Å². The zero-order valence-corrected chi connectivity index (χ0v) is 46.5. The standard InChI is InChI=1S/C63H62N18O/c1-37-30-81(31-38(2)82-37)58-26-42(12-16-66-58)61-54-23-46(49-29-69-78(5)34-49)21-51(63(54)75-73-61)44-13-18-80(36-44)57-25-41(11-15-65-57)60-53-22-45(48-28-68-77(4)33-48)20-50(62(53)74-72-60)43-7-6-17-79(35-43)56-24-40(10-14-64-56)59-52-19-39(8-9-55(52)70-71-59)47-27-67-76(3)32-47/h8-12,14-16,19-29,32-34,37-38,43-44H,6-7,13,17-18,30-31,35-36H2,1-5H3,(H,70,71)(H,72,74)(H,73,75)/t37-,38+,43?,44?. The smallest absolute Gasteiger partial charge is 0.129 e. The molecule has 0 saturated carbocycles. The van der Waals surface area contributed by atoms with E-state index in [0.29, 0.717) is 0 Å². The van der Waals surface area contributed by atoms with Crippen molar-refractivity contribution in [1.82, 2.24) is 74.9 Å². The summed E-state index contributed by atoms with van der Waals surface area (Å²) in [5.41, 5.74) is 17.8. The molecule has 3 fully saturated rings. The van der Waals surface area contributed by atoms with Gasteiger partial charge >= 0.3 is 0 Å². The van der Waals surface area contributed by atoms with Gasteiger partial charge in [-0.25, -0.2) is 15.0 Å². The van der Waals surface area contributed by atoms with Crippen LogP contribution in [0, 0.1) is 0 Å². The molecule has 0 aliphatic carbocycles. The number of aryl methyl sites for hydroxylation is 3. The molecule has 0 spiro atoms. The van der Waals surface area contributed by atoms with Crippen molar-refractivity contribution in [1.29, 1.82) is 0 Å². The molecule has 410 valence electrons. The molecule has 3 aromatic carbocycles. The maximum atomic E-state index is 6.06. The highest BCUT2D eigenvalue weighted by atomic mass is 16.5. The molecule has 19 heteroatoms. The van der Waals surface area contributed by atoms with Gasteiger partial charge < -0.3 is 19.4 Å². The Balaban J connectivity index is 0.729. The number of ether oxygens (including phenoxy) is 1. The number of anilines is 3. The molecule has 3 saturated heterocycles. The summed E-state index contributed by atoms with van der Waals surface area (Å²) in [7, 11) is 5.87. The van der Waals surface area contributed by atoms with Crippen molar-refractivity contribution in [2.75, 3.05) is 54.0 Å². The second-order valence-corrected chi connectivity index (χ2v) is 22.7. The summed E-state index contributed by atoms with van der Waals surface area (Å²) in [6.45, 7) is 9.16. The van der Waals surface area contributed by atoms with Crippen LogP contribution in [0.3, 0.4) is 0 Å². The van der Waals surface area contributed by atoms with E-state index in [1.54, 1.807) is 0 Å². The largest absolute Gasteiger partial charge is 0.372 e. The summed E-state index contributed by atoms with van der Waals surface area (Å²) in [5, 5.41) is 42.1. The normalized spacial score (nSPS) is 18.7. The average Bonchev–Trinajstić information content (AvgIpc) is 4.56. The molecule has 0 radical (unpaired) electrons. The Morgan fingerprint density at radius 1 is 0.451 bits per heavy atom. The highest BCUT2D eigenvalue weighted by Gasteiger charge is 2.31. The third-order valence-electron chi connectivity index (χ3n) is 17.0. The Labute approximate surface area is 473 Å². The SMILES string of the molecule is C[C@@H]1CN(c2cc(-c3[nH]nc4c(C5CCN(c6cc(-c7[nH]nc8c(C9CCCN(c%10cc(-c%11n[nH]c%12ccc(-c%13cnn(C)c%13)cc%11%12)ccn%10)C9)cc(-c9cnn(C)c9)cc78)ccn6)C5)cc(-c5cnn(C)c5)cc34)ccn2)C[C@H](C)O1. The Morgan fingerprint density at radius 3 is 1.51 bits per heavy atom. The van der Waals surface area contributed by atoms with Crippen molar-refractivity contribution in [2.45, 2.75) is 57.2 Å². The maximum Gasteiger partial charge on any atom is 0.129 e.